The van der Waals surface area contributed by atoms with Crippen LogP contribution in [-0.2, 0) is 4.74 Å². The number of hydrogen-bond donors (Lipinski definition) is 6. The highest BCUT2D eigenvalue weighted by molar-refractivity contribution is 6.06. The molecular formula is C13H18ClN5O5. The lowest BCUT2D eigenvalue weighted by molar-refractivity contribution is -0.0776. The van der Waals surface area contributed by atoms with Crippen molar-refractivity contribution < 1.29 is 20.1 Å². The average molecular weight is 360 g/mol. The molecule has 0 amide bonds. The quantitative estimate of drug-likeness (QED) is 0.284. The summed E-state index contributed by atoms with van der Waals surface area (Å²) in [5.41, 5.74) is 5.30. The van der Waals surface area contributed by atoms with Gasteiger partial charge in [-0.2, -0.15) is 0 Å². The first-order chi connectivity index (χ1) is 10.8. The van der Waals surface area contributed by atoms with Crippen molar-refractivity contribution >= 4 is 29.3 Å². The van der Waals surface area contributed by atoms with Crippen LogP contribution in [0.4, 0.5) is 0 Å². The third-order valence-corrected chi connectivity index (χ3v) is 3.93. The highest BCUT2D eigenvalue weighted by Crippen LogP contribution is 2.33. The number of hydrogen-bond acceptors (Lipinski definition) is 7. The topological polar surface area (TPSA) is 170 Å². The van der Waals surface area contributed by atoms with E-state index < -0.39 is 36.2 Å². The molecule has 0 spiro atoms. The number of rotatable bonds is 3. The molecule has 7 N–H and O–H groups in total. The van der Waals surface area contributed by atoms with Gasteiger partial charge in [-0.25, -0.2) is 4.98 Å². The van der Waals surface area contributed by atoms with Crippen molar-refractivity contribution in [1.82, 2.24) is 14.5 Å². The molecule has 5 atom stereocenters. The molecule has 1 saturated heterocycles. The van der Waals surface area contributed by atoms with Crippen LogP contribution in [0.3, 0.4) is 0 Å². The number of aromatic amines is 1. The number of nitrogens with one attached hydrogen (secondary N) is 2. The Balaban J connectivity index is 0.00000208. The van der Waals surface area contributed by atoms with E-state index in [0.29, 0.717) is 0 Å². The molecule has 1 aliphatic rings. The van der Waals surface area contributed by atoms with Crippen LogP contribution in [0.15, 0.2) is 17.3 Å². The lowest BCUT2D eigenvalue weighted by atomic mass is 10.1. The summed E-state index contributed by atoms with van der Waals surface area (Å²) in [7, 11) is 0. The van der Waals surface area contributed by atoms with E-state index in [1.54, 1.807) is 0 Å². The number of H-pyrrole nitrogens is 1. The summed E-state index contributed by atoms with van der Waals surface area (Å²) in [6.45, 7) is 1.43. The van der Waals surface area contributed by atoms with E-state index in [0.717, 1.165) is 0 Å². The average Bonchev–Trinajstić information content (AvgIpc) is 3.00. The van der Waals surface area contributed by atoms with Crippen molar-refractivity contribution in [3.05, 3.63) is 28.4 Å². The number of nitrogens with zero attached hydrogens (tertiary/aromatic N) is 2. The molecule has 0 saturated carbocycles. The van der Waals surface area contributed by atoms with E-state index in [2.05, 4.69) is 9.97 Å². The molecule has 1 aliphatic heterocycles. The first-order valence-corrected chi connectivity index (χ1v) is 6.95. The summed E-state index contributed by atoms with van der Waals surface area (Å²) >= 11 is 0. The van der Waals surface area contributed by atoms with Gasteiger partial charge in [0.1, 0.15) is 29.8 Å². The van der Waals surface area contributed by atoms with Crippen LogP contribution >= 0.6 is 12.4 Å². The Kier molecular flexibility index (Phi) is 4.97. The van der Waals surface area contributed by atoms with Crippen molar-refractivity contribution in [1.29, 1.82) is 5.41 Å². The zero-order valence-electron chi connectivity index (χ0n) is 12.6. The second kappa shape index (κ2) is 6.49. The largest absolute Gasteiger partial charge is 0.391 e. The van der Waals surface area contributed by atoms with Crippen molar-refractivity contribution in [2.45, 2.75) is 37.6 Å². The summed E-state index contributed by atoms with van der Waals surface area (Å²) in [5, 5.41) is 37.5. The van der Waals surface area contributed by atoms with Gasteiger partial charge in [0, 0.05) is 11.8 Å². The second-order valence-corrected chi connectivity index (χ2v) is 5.51. The fourth-order valence-corrected chi connectivity index (χ4v) is 2.81. The molecular weight excluding hydrogens is 342 g/mol. The first-order valence-electron chi connectivity index (χ1n) is 6.95. The number of ether oxygens (including phenoxy) is 1. The second-order valence-electron chi connectivity index (χ2n) is 5.51. The minimum absolute atomic E-state index is 0. The number of aliphatic hydroxyl groups is 3. The van der Waals surface area contributed by atoms with Crippen LogP contribution in [0.1, 0.15) is 18.7 Å². The fourth-order valence-electron chi connectivity index (χ4n) is 2.81. The summed E-state index contributed by atoms with van der Waals surface area (Å²) < 4.78 is 6.85. The summed E-state index contributed by atoms with van der Waals surface area (Å²) in [6.07, 6.45) is -3.18. The Morgan fingerprint density at radius 1 is 1.50 bits per heavy atom. The lowest BCUT2D eigenvalue weighted by Crippen LogP contribution is -2.37. The van der Waals surface area contributed by atoms with E-state index in [1.807, 2.05) is 0 Å². The normalized spacial score (nSPS) is 27.8. The molecule has 3 heterocycles. The molecule has 0 bridgehead atoms. The van der Waals surface area contributed by atoms with Gasteiger partial charge >= 0.3 is 0 Å². The van der Waals surface area contributed by atoms with E-state index in [1.165, 1.54) is 24.0 Å². The Hall–Kier alpha value is -1.98. The monoisotopic (exact) mass is 359 g/mol. The minimum Gasteiger partial charge on any atom is -0.391 e. The van der Waals surface area contributed by atoms with Crippen LogP contribution in [0.2, 0.25) is 0 Å². The van der Waals surface area contributed by atoms with E-state index >= 15 is 0 Å². The smallest absolute Gasteiger partial charge is 0.260 e. The number of nitrogen functional groups attached to an aromatic ring is 1. The summed E-state index contributed by atoms with van der Waals surface area (Å²) in [4.78, 5) is 18.4. The van der Waals surface area contributed by atoms with Crippen molar-refractivity contribution in [2.24, 2.45) is 5.73 Å². The number of halogens is 1. The molecule has 3 rings (SSSR count). The molecule has 0 unspecified atom stereocenters. The molecule has 11 heteroatoms. The minimum atomic E-state index is -1.34. The maximum Gasteiger partial charge on any atom is 0.260 e. The summed E-state index contributed by atoms with van der Waals surface area (Å²) in [6, 6.07) is 0. The Bertz CT molecular complexity index is 819. The zero-order chi connectivity index (χ0) is 16.9. The van der Waals surface area contributed by atoms with Crippen molar-refractivity contribution in [2.75, 3.05) is 0 Å². The number of fused-ring (bicyclic) bond motifs is 1. The molecule has 0 radical (unpaired) electrons. The third kappa shape index (κ3) is 2.68. The van der Waals surface area contributed by atoms with Crippen LogP contribution in [-0.4, -0.2) is 60.1 Å². The maximum absolute atomic E-state index is 12.0. The fraction of sp³-hybridized carbons (Fsp3) is 0.462. The molecule has 2 aromatic rings. The van der Waals surface area contributed by atoms with Gasteiger partial charge in [-0.3, -0.25) is 10.2 Å². The van der Waals surface area contributed by atoms with Gasteiger partial charge in [0.2, 0.25) is 0 Å². The maximum atomic E-state index is 12.0. The van der Waals surface area contributed by atoms with E-state index in [9.17, 15) is 20.1 Å². The molecule has 0 aromatic carbocycles. The predicted molar refractivity (Wildman–Crippen MR) is 86.2 cm³/mol. The van der Waals surface area contributed by atoms with Crippen molar-refractivity contribution in [3.63, 3.8) is 0 Å². The van der Waals surface area contributed by atoms with Crippen LogP contribution in [0, 0.1) is 5.41 Å². The van der Waals surface area contributed by atoms with Gasteiger partial charge in [0.15, 0.2) is 6.23 Å². The van der Waals surface area contributed by atoms with Crippen LogP contribution in [0.25, 0.3) is 11.0 Å². The Labute approximate surface area is 141 Å². The number of aromatic nitrogens is 3. The summed E-state index contributed by atoms with van der Waals surface area (Å²) in [5.74, 6) is -0.340. The number of aliphatic hydroxyl groups excluding tert-OH is 3. The third-order valence-electron chi connectivity index (χ3n) is 3.93. The van der Waals surface area contributed by atoms with Gasteiger partial charge < -0.3 is 35.3 Å². The molecule has 24 heavy (non-hydrogen) atoms. The Morgan fingerprint density at radius 2 is 2.17 bits per heavy atom. The highest BCUT2D eigenvalue weighted by Gasteiger charge is 2.46. The van der Waals surface area contributed by atoms with Gasteiger partial charge in [-0.05, 0) is 6.92 Å². The molecule has 1 fully saturated rings. The predicted octanol–water partition coefficient (Wildman–Crippen LogP) is -1.57. The molecule has 132 valence electrons. The molecule has 2 aromatic heterocycles. The van der Waals surface area contributed by atoms with Gasteiger partial charge in [-0.15, -0.1) is 12.4 Å². The SMILES string of the molecule is C[C@@H](O)[C@H]1O[C@@H](n2cc(C(=N)N)c3c(=O)[nH]cnc32)[C@H](O)[C@@H]1O.Cl. The Morgan fingerprint density at radius 3 is 2.71 bits per heavy atom. The molecule has 0 aliphatic carbocycles. The van der Waals surface area contributed by atoms with Gasteiger partial charge in [0.25, 0.3) is 5.56 Å². The van der Waals surface area contributed by atoms with Gasteiger partial charge in [-0.1, -0.05) is 0 Å². The van der Waals surface area contributed by atoms with Gasteiger partial charge in [0.05, 0.1) is 17.8 Å². The molecule has 10 nitrogen and oxygen atoms in total. The number of nitrogens with two attached hydrogens (primary N) is 1. The number of amidine groups is 1. The van der Waals surface area contributed by atoms with Crippen LogP contribution < -0.4 is 11.3 Å². The first kappa shape index (κ1) is 18.4. The van der Waals surface area contributed by atoms with Crippen LogP contribution in [0.5, 0.6) is 0 Å². The standard InChI is InChI=1S/C13H17N5O5.ClH/c1-4(19)9-7(20)8(21)13(23-9)18-2-5(10(14)15)6-11(18)16-3-17-12(6)22;/h2-4,7-9,13,19-21H,1H3,(H3,14,15)(H,16,17,22);1H/t4-,7+,8-,9-,13-;/m1./s1. The highest BCUT2D eigenvalue weighted by atomic mass is 35.5. The van der Waals surface area contributed by atoms with E-state index in [4.69, 9.17) is 15.9 Å². The zero-order valence-corrected chi connectivity index (χ0v) is 13.4. The van der Waals surface area contributed by atoms with E-state index in [-0.39, 0.29) is 34.8 Å². The lowest BCUT2D eigenvalue weighted by Gasteiger charge is -2.17. The van der Waals surface area contributed by atoms with Crippen molar-refractivity contribution in [3.8, 4) is 0 Å².